The summed E-state index contributed by atoms with van der Waals surface area (Å²) in [4.78, 5) is 11.6. The minimum atomic E-state index is -0.407. The van der Waals surface area contributed by atoms with E-state index < -0.39 is 5.97 Å². The second-order valence-corrected chi connectivity index (χ2v) is 3.68. The molecule has 0 radical (unpaired) electrons. The van der Waals surface area contributed by atoms with Crippen LogP contribution in [-0.2, 0) is 4.74 Å². The molecule has 96 valence electrons. The Balaban J connectivity index is 2.99. The number of nitrogens with zero attached hydrogens (tertiary/aromatic N) is 2. The van der Waals surface area contributed by atoms with Gasteiger partial charge in [0.1, 0.15) is 17.7 Å². The Morgan fingerprint density at radius 3 is 2.68 bits per heavy atom. The molecule has 0 spiro atoms. The average Bonchev–Trinajstić information content (AvgIpc) is 2.42. The maximum absolute atomic E-state index is 11.6. The number of carbonyl (C=O) groups is 1. The molecule has 5 heteroatoms. The van der Waals surface area contributed by atoms with Gasteiger partial charge in [-0.3, -0.25) is 0 Å². The first-order chi connectivity index (χ1) is 9.12. The smallest absolute Gasteiger partial charge is 0.338 e. The van der Waals surface area contributed by atoms with E-state index in [1.54, 1.807) is 37.3 Å². The molecule has 19 heavy (non-hydrogen) atoms. The van der Waals surface area contributed by atoms with E-state index in [0.717, 1.165) is 5.56 Å². The zero-order valence-electron chi connectivity index (χ0n) is 10.7. The van der Waals surface area contributed by atoms with Gasteiger partial charge in [0.25, 0.3) is 0 Å². The van der Waals surface area contributed by atoms with Gasteiger partial charge in [-0.25, -0.2) is 4.79 Å². The van der Waals surface area contributed by atoms with Crippen molar-refractivity contribution >= 4 is 11.7 Å². The number of allylic oxidation sites excluding steroid dienone is 1. The number of hydrogen-bond acceptors (Lipinski definition) is 5. The van der Waals surface area contributed by atoms with Gasteiger partial charge in [-0.15, -0.1) is 0 Å². The van der Waals surface area contributed by atoms with E-state index in [-0.39, 0.29) is 5.57 Å². The average molecular weight is 255 g/mol. The van der Waals surface area contributed by atoms with Crippen LogP contribution in [0, 0.1) is 29.6 Å². The fraction of sp³-hybridized carbons (Fsp3) is 0.214. The Hall–Kier alpha value is -2.79. The number of esters is 1. The number of ether oxygens (including phenoxy) is 1. The molecular formula is C14H13N3O2. The molecular weight excluding hydrogens is 242 g/mol. The van der Waals surface area contributed by atoms with Gasteiger partial charge in [0, 0.05) is 11.9 Å². The summed E-state index contributed by atoms with van der Waals surface area (Å²) >= 11 is 0. The third kappa shape index (κ3) is 3.86. The van der Waals surface area contributed by atoms with E-state index in [1.165, 1.54) is 6.20 Å². The summed E-state index contributed by atoms with van der Waals surface area (Å²) in [5.74, 6) is -0.407. The van der Waals surface area contributed by atoms with Crippen molar-refractivity contribution in [3.05, 3.63) is 41.1 Å². The van der Waals surface area contributed by atoms with Crippen molar-refractivity contribution in [1.29, 1.82) is 10.5 Å². The maximum atomic E-state index is 11.6. The normalized spacial score (nSPS) is 8.84. The topological polar surface area (TPSA) is 85.9 Å². The zero-order chi connectivity index (χ0) is 14.3. The standard InChI is InChI=1S/C14H13N3O2/c1-3-19-14(18)12-5-4-10(2)13(6-12)17-9-11(7-15)8-16/h4-6,9,17H,3H2,1-2H3. The summed E-state index contributed by atoms with van der Waals surface area (Å²) in [6.45, 7) is 3.89. The first-order valence-electron chi connectivity index (χ1n) is 5.67. The largest absolute Gasteiger partial charge is 0.462 e. The molecule has 0 unspecified atom stereocenters. The van der Waals surface area contributed by atoms with Crippen LogP contribution in [-0.4, -0.2) is 12.6 Å². The number of nitriles is 2. The van der Waals surface area contributed by atoms with Crippen LogP contribution in [0.4, 0.5) is 5.69 Å². The summed E-state index contributed by atoms with van der Waals surface area (Å²) in [6, 6.07) is 8.54. The van der Waals surface area contributed by atoms with Crippen LogP contribution in [0.15, 0.2) is 30.0 Å². The lowest BCUT2D eigenvalue weighted by molar-refractivity contribution is 0.0526. The monoisotopic (exact) mass is 255 g/mol. The second-order valence-electron chi connectivity index (χ2n) is 3.68. The summed E-state index contributed by atoms with van der Waals surface area (Å²) in [5.41, 5.74) is 1.91. The van der Waals surface area contributed by atoms with Crippen molar-refractivity contribution in [2.75, 3.05) is 11.9 Å². The van der Waals surface area contributed by atoms with Crippen molar-refractivity contribution in [2.45, 2.75) is 13.8 Å². The fourth-order valence-electron chi connectivity index (χ4n) is 1.36. The molecule has 0 aliphatic heterocycles. The molecule has 0 fully saturated rings. The van der Waals surface area contributed by atoms with Crippen molar-refractivity contribution in [3.8, 4) is 12.1 Å². The molecule has 0 aliphatic rings. The third-order valence-corrected chi connectivity index (χ3v) is 2.36. The predicted octanol–water partition coefficient (Wildman–Crippen LogP) is 2.51. The molecule has 0 bridgehead atoms. The Morgan fingerprint density at radius 2 is 2.11 bits per heavy atom. The van der Waals surface area contributed by atoms with E-state index in [1.807, 2.05) is 6.92 Å². The third-order valence-electron chi connectivity index (χ3n) is 2.36. The number of benzene rings is 1. The molecule has 0 saturated heterocycles. The van der Waals surface area contributed by atoms with Crippen LogP contribution in [0.25, 0.3) is 0 Å². The molecule has 0 aliphatic carbocycles. The van der Waals surface area contributed by atoms with E-state index in [9.17, 15) is 4.79 Å². The number of rotatable bonds is 4. The van der Waals surface area contributed by atoms with Crippen LogP contribution in [0.1, 0.15) is 22.8 Å². The minimum absolute atomic E-state index is 0.0408. The molecule has 0 saturated carbocycles. The molecule has 5 nitrogen and oxygen atoms in total. The number of nitrogens with one attached hydrogen (secondary N) is 1. The van der Waals surface area contributed by atoms with Crippen molar-refractivity contribution < 1.29 is 9.53 Å². The van der Waals surface area contributed by atoms with Crippen molar-refractivity contribution in [3.63, 3.8) is 0 Å². The summed E-state index contributed by atoms with van der Waals surface area (Å²) in [6.07, 6.45) is 1.30. The number of anilines is 1. The van der Waals surface area contributed by atoms with E-state index in [2.05, 4.69) is 5.32 Å². The lowest BCUT2D eigenvalue weighted by atomic mass is 10.1. The van der Waals surface area contributed by atoms with Crippen LogP contribution < -0.4 is 5.32 Å². The number of aryl methyl sites for hydroxylation is 1. The quantitative estimate of drug-likeness (QED) is 0.660. The van der Waals surface area contributed by atoms with E-state index in [4.69, 9.17) is 15.3 Å². The Morgan fingerprint density at radius 1 is 1.42 bits per heavy atom. The van der Waals surface area contributed by atoms with Gasteiger partial charge in [0.05, 0.1) is 12.2 Å². The van der Waals surface area contributed by atoms with E-state index >= 15 is 0 Å². The molecule has 1 aromatic carbocycles. The summed E-state index contributed by atoms with van der Waals surface area (Å²) in [7, 11) is 0. The van der Waals surface area contributed by atoms with Crippen molar-refractivity contribution in [1.82, 2.24) is 0 Å². The number of hydrogen-bond donors (Lipinski definition) is 1. The van der Waals surface area contributed by atoms with Gasteiger partial charge in [-0.1, -0.05) is 6.07 Å². The second kappa shape index (κ2) is 6.83. The van der Waals surface area contributed by atoms with Crippen LogP contribution in [0.2, 0.25) is 0 Å². The first kappa shape index (κ1) is 14.3. The highest BCUT2D eigenvalue weighted by molar-refractivity contribution is 5.90. The van der Waals surface area contributed by atoms with Crippen LogP contribution >= 0.6 is 0 Å². The molecule has 0 heterocycles. The SMILES string of the molecule is CCOC(=O)c1ccc(C)c(NC=C(C#N)C#N)c1. The Labute approximate surface area is 111 Å². The molecule has 1 aromatic rings. The Kier molecular flexibility index (Phi) is 5.13. The molecule has 1 N–H and O–H groups in total. The first-order valence-corrected chi connectivity index (χ1v) is 5.67. The lowest BCUT2D eigenvalue weighted by Gasteiger charge is -2.08. The highest BCUT2D eigenvalue weighted by Gasteiger charge is 2.08. The van der Waals surface area contributed by atoms with Gasteiger partial charge in [-0.05, 0) is 31.5 Å². The Bertz CT molecular complexity index is 576. The van der Waals surface area contributed by atoms with Crippen LogP contribution in [0.5, 0.6) is 0 Å². The minimum Gasteiger partial charge on any atom is -0.462 e. The highest BCUT2D eigenvalue weighted by Crippen LogP contribution is 2.18. The highest BCUT2D eigenvalue weighted by atomic mass is 16.5. The lowest BCUT2D eigenvalue weighted by Crippen LogP contribution is -2.05. The van der Waals surface area contributed by atoms with Crippen LogP contribution in [0.3, 0.4) is 0 Å². The number of carbonyl (C=O) groups excluding carboxylic acids is 1. The van der Waals surface area contributed by atoms with Gasteiger partial charge in [-0.2, -0.15) is 10.5 Å². The van der Waals surface area contributed by atoms with Gasteiger partial charge in [0.15, 0.2) is 0 Å². The molecule has 0 amide bonds. The van der Waals surface area contributed by atoms with E-state index in [0.29, 0.717) is 17.9 Å². The molecule has 0 atom stereocenters. The van der Waals surface area contributed by atoms with Gasteiger partial charge >= 0.3 is 5.97 Å². The predicted molar refractivity (Wildman–Crippen MR) is 70.1 cm³/mol. The zero-order valence-corrected chi connectivity index (χ0v) is 10.7. The fourth-order valence-corrected chi connectivity index (χ4v) is 1.36. The summed E-state index contributed by atoms with van der Waals surface area (Å²) in [5, 5.41) is 20.1. The summed E-state index contributed by atoms with van der Waals surface area (Å²) < 4.78 is 4.90. The molecule has 1 rings (SSSR count). The maximum Gasteiger partial charge on any atom is 0.338 e. The van der Waals surface area contributed by atoms with Crippen molar-refractivity contribution in [2.24, 2.45) is 0 Å². The van der Waals surface area contributed by atoms with Gasteiger partial charge < -0.3 is 10.1 Å². The molecule has 0 aromatic heterocycles. The van der Waals surface area contributed by atoms with Gasteiger partial charge in [0.2, 0.25) is 0 Å².